The average Bonchev–Trinajstić information content (AvgIpc) is 2.40. The highest BCUT2D eigenvalue weighted by molar-refractivity contribution is 7.89. The van der Waals surface area contributed by atoms with Gasteiger partial charge in [-0.3, -0.25) is 0 Å². The summed E-state index contributed by atoms with van der Waals surface area (Å²) in [4.78, 5) is 0. The fourth-order valence-corrected chi connectivity index (χ4v) is 3.54. The van der Waals surface area contributed by atoms with Crippen molar-refractivity contribution in [2.45, 2.75) is 51.5 Å². The monoisotopic (exact) mass is 249 g/mol. The van der Waals surface area contributed by atoms with Crippen LogP contribution in [0.4, 0.5) is 0 Å². The topological polar surface area (TPSA) is 66.4 Å². The van der Waals surface area contributed by atoms with E-state index in [1.165, 1.54) is 6.42 Å². The first kappa shape index (κ1) is 13.9. The summed E-state index contributed by atoms with van der Waals surface area (Å²) in [5.74, 6) is 0.752. The molecule has 1 aliphatic rings. The predicted molar refractivity (Wildman–Crippen MR) is 64.7 cm³/mol. The predicted octanol–water partition coefficient (Wildman–Crippen LogP) is 1.26. The summed E-state index contributed by atoms with van der Waals surface area (Å²) < 4.78 is 26.0. The largest absolute Gasteiger partial charge is 0.396 e. The van der Waals surface area contributed by atoms with Crippen LogP contribution < -0.4 is 4.72 Å². The summed E-state index contributed by atoms with van der Waals surface area (Å²) in [5, 5.41) is 8.62. The molecule has 2 N–H and O–H groups in total. The molecule has 0 bridgehead atoms. The van der Waals surface area contributed by atoms with Crippen molar-refractivity contribution in [3.8, 4) is 0 Å². The molecule has 0 aromatic rings. The molecule has 1 aliphatic carbocycles. The van der Waals surface area contributed by atoms with Crippen LogP contribution in [-0.4, -0.2) is 31.9 Å². The van der Waals surface area contributed by atoms with E-state index in [4.69, 9.17) is 5.11 Å². The molecule has 0 saturated heterocycles. The molecule has 0 aromatic carbocycles. The van der Waals surface area contributed by atoms with Crippen molar-refractivity contribution < 1.29 is 13.5 Å². The van der Waals surface area contributed by atoms with Crippen LogP contribution in [0.2, 0.25) is 0 Å². The minimum atomic E-state index is -3.19. The summed E-state index contributed by atoms with van der Waals surface area (Å²) in [6.45, 7) is 2.16. The van der Waals surface area contributed by atoms with Crippen LogP contribution in [0.15, 0.2) is 0 Å². The van der Waals surface area contributed by atoms with E-state index in [-0.39, 0.29) is 18.4 Å². The van der Waals surface area contributed by atoms with Gasteiger partial charge in [-0.2, -0.15) is 0 Å². The standard InChI is InChI=1S/C11H23NO3S/c1-10-4-2-5-11(7-6-10)12-16(14,15)9-3-8-13/h10-13H,2-9H2,1H3. The molecular formula is C11H23NO3S. The molecule has 16 heavy (non-hydrogen) atoms. The van der Waals surface area contributed by atoms with E-state index in [0.717, 1.165) is 25.7 Å². The fraction of sp³-hybridized carbons (Fsp3) is 1.00. The Morgan fingerprint density at radius 1 is 1.25 bits per heavy atom. The first-order chi connectivity index (χ1) is 7.53. The maximum absolute atomic E-state index is 11.6. The van der Waals surface area contributed by atoms with Gasteiger partial charge in [0.05, 0.1) is 5.75 Å². The maximum Gasteiger partial charge on any atom is 0.211 e. The molecule has 1 rings (SSSR count). The third kappa shape index (κ3) is 5.27. The van der Waals surface area contributed by atoms with E-state index in [2.05, 4.69) is 11.6 Å². The number of aliphatic hydroxyl groups excluding tert-OH is 1. The van der Waals surface area contributed by atoms with Gasteiger partial charge in [0.25, 0.3) is 0 Å². The van der Waals surface area contributed by atoms with Gasteiger partial charge in [0.2, 0.25) is 10.0 Å². The number of rotatable bonds is 5. The molecule has 1 saturated carbocycles. The first-order valence-corrected chi connectivity index (χ1v) is 7.79. The lowest BCUT2D eigenvalue weighted by Gasteiger charge is -2.16. The number of nitrogens with one attached hydrogen (secondary N) is 1. The van der Waals surface area contributed by atoms with Crippen LogP contribution in [0.25, 0.3) is 0 Å². The van der Waals surface area contributed by atoms with E-state index in [0.29, 0.717) is 12.3 Å². The zero-order chi connectivity index (χ0) is 12.0. The Bertz CT molecular complexity index is 290. The Labute approximate surface area is 98.5 Å². The zero-order valence-corrected chi connectivity index (χ0v) is 10.8. The molecule has 0 spiro atoms. The molecule has 0 aromatic heterocycles. The lowest BCUT2D eigenvalue weighted by atomic mass is 10.0. The van der Waals surface area contributed by atoms with Crippen LogP contribution in [0, 0.1) is 5.92 Å². The Morgan fingerprint density at radius 2 is 2.00 bits per heavy atom. The number of aliphatic hydroxyl groups is 1. The summed E-state index contributed by atoms with van der Waals surface area (Å²) in [7, 11) is -3.19. The average molecular weight is 249 g/mol. The highest BCUT2D eigenvalue weighted by Gasteiger charge is 2.20. The number of hydrogen-bond donors (Lipinski definition) is 2. The van der Waals surface area contributed by atoms with Crippen LogP contribution in [0.3, 0.4) is 0 Å². The van der Waals surface area contributed by atoms with E-state index in [9.17, 15) is 8.42 Å². The molecule has 4 nitrogen and oxygen atoms in total. The number of sulfonamides is 1. The molecule has 0 aliphatic heterocycles. The van der Waals surface area contributed by atoms with Crippen molar-refractivity contribution in [3.63, 3.8) is 0 Å². The zero-order valence-electron chi connectivity index (χ0n) is 9.98. The van der Waals surface area contributed by atoms with Crippen molar-refractivity contribution in [1.82, 2.24) is 4.72 Å². The summed E-state index contributed by atoms with van der Waals surface area (Å²) in [6.07, 6.45) is 5.62. The van der Waals surface area contributed by atoms with Gasteiger partial charge in [0.15, 0.2) is 0 Å². The SMILES string of the molecule is CC1CCCC(NS(=O)(=O)CCCO)CC1. The third-order valence-electron chi connectivity index (χ3n) is 3.17. The Kier molecular flexibility index (Phi) is 5.72. The molecule has 2 atom stereocenters. The third-order valence-corrected chi connectivity index (χ3v) is 4.69. The summed E-state index contributed by atoms with van der Waals surface area (Å²) in [6, 6.07) is 0.105. The molecule has 2 unspecified atom stereocenters. The van der Waals surface area contributed by atoms with Crippen molar-refractivity contribution in [1.29, 1.82) is 0 Å². The van der Waals surface area contributed by atoms with Crippen LogP contribution >= 0.6 is 0 Å². The molecule has 96 valence electrons. The Morgan fingerprint density at radius 3 is 2.69 bits per heavy atom. The van der Waals surface area contributed by atoms with Crippen molar-refractivity contribution in [3.05, 3.63) is 0 Å². The minimum absolute atomic E-state index is 0.0373. The van der Waals surface area contributed by atoms with Crippen molar-refractivity contribution >= 4 is 10.0 Å². The minimum Gasteiger partial charge on any atom is -0.396 e. The van der Waals surface area contributed by atoms with E-state index < -0.39 is 10.0 Å². The van der Waals surface area contributed by atoms with E-state index in [1.54, 1.807) is 0 Å². The Hall–Kier alpha value is -0.130. The van der Waals surface area contributed by atoms with Gasteiger partial charge in [0.1, 0.15) is 0 Å². The second-order valence-corrected chi connectivity index (χ2v) is 6.70. The van der Waals surface area contributed by atoms with Gasteiger partial charge in [-0.25, -0.2) is 13.1 Å². The smallest absolute Gasteiger partial charge is 0.211 e. The lowest BCUT2D eigenvalue weighted by molar-refractivity contribution is 0.295. The highest BCUT2D eigenvalue weighted by atomic mass is 32.2. The summed E-state index contributed by atoms with van der Waals surface area (Å²) >= 11 is 0. The van der Waals surface area contributed by atoms with Gasteiger partial charge in [-0.15, -0.1) is 0 Å². The van der Waals surface area contributed by atoms with Gasteiger partial charge in [-0.1, -0.05) is 19.8 Å². The van der Waals surface area contributed by atoms with Gasteiger partial charge < -0.3 is 5.11 Å². The fourth-order valence-electron chi connectivity index (χ4n) is 2.17. The van der Waals surface area contributed by atoms with Crippen LogP contribution in [0.5, 0.6) is 0 Å². The quantitative estimate of drug-likeness (QED) is 0.721. The molecule has 1 fully saturated rings. The van der Waals surface area contributed by atoms with E-state index in [1.807, 2.05) is 0 Å². The lowest BCUT2D eigenvalue weighted by Crippen LogP contribution is -2.36. The van der Waals surface area contributed by atoms with Crippen molar-refractivity contribution in [2.75, 3.05) is 12.4 Å². The molecule has 0 heterocycles. The second-order valence-electron chi connectivity index (χ2n) is 4.82. The molecular weight excluding hydrogens is 226 g/mol. The highest BCUT2D eigenvalue weighted by Crippen LogP contribution is 2.22. The molecule has 0 amide bonds. The normalized spacial score (nSPS) is 27.6. The first-order valence-electron chi connectivity index (χ1n) is 6.14. The van der Waals surface area contributed by atoms with Crippen LogP contribution in [-0.2, 0) is 10.0 Å². The van der Waals surface area contributed by atoms with Gasteiger partial charge in [-0.05, 0) is 31.6 Å². The molecule has 0 radical (unpaired) electrons. The van der Waals surface area contributed by atoms with Crippen molar-refractivity contribution in [2.24, 2.45) is 5.92 Å². The van der Waals surface area contributed by atoms with Gasteiger partial charge in [0, 0.05) is 12.6 Å². The summed E-state index contributed by atoms with van der Waals surface area (Å²) in [5.41, 5.74) is 0. The Balaban J connectivity index is 2.40. The second kappa shape index (κ2) is 6.57. The maximum atomic E-state index is 11.6. The molecule has 5 heteroatoms. The number of hydrogen-bond acceptors (Lipinski definition) is 3. The van der Waals surface area contributed by atoms with E-state index >= 15 is 0 Å². The van der Waals surface area contributed by atoms with Gasteiger partial charge >= 0.3 is 0 Å². The van der Waals surface area contributed by atoms with Crippen LogP contribution in [0.1, 0.15) is 45.4 Å².